The Morgan fingerprint density at radius 2 is 1.87 bits per heavy atom. The summed E-state index contributed by atoms with van der Waals surface area (Å²) >= 11 is 0. The Morgan fingerprint density at radius 3 is 2.48 bits per heavy atom. The topological polar surface area (TPSA) is 72.7 Å². The first kappa shape index (κ1) is 14.4. The second-order valence-electron chi connectivity index (χ2n) is 6.78. The van der Waals surface area contributed by atoms with E-state index in [1.807, 2.05) is 31.2 Å². The van der Waals surface area contributed by atoms with Crippen molar-refractivity contribution in [2.75, 3.05) is 0 Å². The van der Waals surface area contributed by atoms with Crippen molar-refractivity contribution < 1.29 is 4.79 Å². The molecule has 23 heavy (non-hydrogen) atoms. The van der Waals surface area contributed by atoms with E-state index >= 15 is 0 Å². The van der Waals surface area contributed by atoms with Crippen LogP contribution in [0.1, 0.15) is 31.2 Å². The van der Waals surface area contributed by atoms with Crippen molar-refractivity contribution in [3.8, 4) is 11.4 Å². The van der Waals surface area contributed by atoms with Gasteiger partial charge in [0.2, 0.25) is 11.7 Å². The number of nitrogens with zero attached hydrogens (tertiary/aromatic N) is 4. The van der Waals surface area contributed by atoms with Gasteiger partial charge in [-0.25, -0.2) is 0 Å². The zero-order valence-corrected chi connectivity index (χ0v) is 13.3. The van der Waals surface area contributed by atoms with Crippen LogP contribution in [0.25, 0.3) is 11.4 Å². The lowest BCUT2D eigenvalue weighted by molar-refractivity contribution is -0.123. The Labute approximate surface area is 135 Å². The van der Waals surface area contributed by atoms with Crippen molar-refractivity contribution >= 4 is 5.91 Å². The number of tetrazole rings is 1. The van der Waals surface area contributed by atoms with Crippen LogP contribution in [-0.2, 0) is 11.3 Å². The van der Waals surface area contributed by atoms with E-state index in [4.69, 9.17) is 0 Å². The summed E-state index contributed by atoms with van der Waals surface area (Å²) in [5, 5.41) is 15.5. The van der Waals surface area contributed by atoms with Gasteiger partial charge in [0.1, 0.15) is 6.54 Å². The van der Waals surface area contributed by atoms with Crippen molar-refractivity contribution in [3.05, 3.63) is 29.8 Å². The fourth-order valence-corrected chi connectivity index (χ4v) is 3.02. The molecule has 0 saturated heterocycles. The number of hydrogen-bond acceptors (Lipinski definition) is 4. The van der Waals surface area contributed by atoms with Crippen LogP contribution in [0.15, 0.2) is 24.3 Å². The molecule has 0 spiro atoms. The van der Waals surface area contributed by atoms with Crippen LogP contribution in [0.3, 0.4) is 0 Å². The molecule has 6 heteroatoms. The zero-order chi connectivity index (χ0) is 15.8. The van der Waals surface area contributed by atoms with E-state index in [-0.39, 0.29) is 12.5 Å². The van der Waals surface area contributed by atoms with Gasteiger partial charge in [-0.05, 0) is 49.7 Å². The third-order valence-electron chi connectivity index (χ3n) is 4.64. The van der Waals surface area contributed by atoms with Gasteiger partial charge in [0.15, 0.2) is 0 Å². The highest BCUT2D eigenvalue weighted by Gasteiger charge is 2.42. The Balaban J connectivity index is 1.38. The molecule has 2 aromatic rings. The first-order valence-corrected chi connectivity index (χ1v) is 8.33. The van der Waals surface area contributed by atoms with Crippen molar-refractivity contribution in [3.63, 3.8) is 0 Å². The van der Waals surface area contributed by atoms with Gasteiger partial charge in [-0.1, -0.05) is 29.8 Å². The maximum atomic E-state index is 12.2. The molecule has 0 radical (unpaired) electrons. The minimum absolute atomic E-state index is 0.0124. The molecule has 2 aliphatic carbocycles. The molecular formula is C17H21N5O. The predicted octanol–water partition coefficient (Wildman–Crippen LogP) is 1.95. The monoisotopic (exact) mass is 311 g/mol. The molecule has 0 atom stereocenters. The summed E-state index contributed by atoms with van der Waals surface area (Å²) in [5.41, 5.74) is 2.10. The van der Waals surface area contributed by atoms with E-state index in [1.54, 1.807) is 0 Å². The van der Waals surface area contributed by atoms with Crippen LogP contribution >= 0.6 is 0 Å². The quantitative estimate of drug-likeness (QED) is 0.885. The van der Waals surface area contributed by atoms with Gasteiger partial charge in [0, 0.05) is 11.6 Å². The highest BCUT2D eigenvalue weighted by Crippen LogP contribution is 2.44. The number of carbonyl (C=O) groups excluding carboxylic acids is 1. The number of hydrogen-bond donors (Lipinski definition) is 1. The molecule has 2 saturated carbocycles. The number of rotatable bonds is 6. The SMILES string of the molecule is Cc1ccc(-c2nnn(CC(=O)NC(C3CC3)C3CC3)n2)cc1. The summed E-state index contributed by atoms with van der Waals surface area (Å²) in [6.45, 7) is 2.17. The molecule has 1 aromatic carbocycles. The molecular weight excluding hydrogens is 290 g/mol. The lowest BCUT2D eigenvalue weighted by Crippen LogP contribution is -2.40. The van der Waals surface area contributed by atoms with Crippen molar-refractivity contribution in [1.82, 2.24) is 25.5 Å². The van der Waals surface area contributed by atoms with Crippen LogP contribution in [0.2, 0.25) is 0 Å². The smallest absolute Gasteiger partial charge is 0.243 e. The molecule has 0 aliphatic heterocycles. The van der Waals surface area contributed by atoms with Gasteiger partial charge in [-0.15, -0.1) is 10.2 Å². The average molecular weight is 311 g/mol. The molecule has 2 aliphatic rings. The molecule has 120 valence electrons. The van der Waals surface area contributed by atoms with Crippen LogP contribution in [0.5, 0.6) is 0 Å². The molecule has 1 N–H and O–H groups in total. The summed E-state index contributed by atoms with van der Waals surface area (Å²) in [6, 6.07) is 8.32. The third kappa shape index (κ3) is 3.41. The van der Waals surface area contributed by atoms with Crippen molar-refractivity contribution in [1.29, 1.82) is 0 Å². The van der Waals surface area contributed by atoms with E-state index < -0.39 is 0 Å². The van der Waals surface area contributed by atoms with Gasteiger partial charge in [-0.3, -0.25) is 4.79 Å². The van der Waals surface area contributed by atoms with Gasteiger partial charge in [0.05, 0.1) is 0 Å². The van der Waals surface area contributed by atoms with Gasteiger partial charge in [-0.2, -0.15) is 4.80 Å². The number of aryl methyl sites for hydroxylation is 1. The fraction of sp³-hybridized carbons (Fsp3) is 0.529. The number of amides is 1. The summed E-state index contributed by atoms with van der Waals surface area (Å²) in [5.74, 6) is 1.93. The Bertz CT molecular complexity index is 688. The Kier molecular flexibility index (Phi) is 3.59. The van der Waals surface area contributed by atoms with E-state index in [2.05, 4.69) is 20.7 Å². The van der Waals surface area contributed by atoms with E-state index in [0.29, 0.717) is 23.7 Å². The van der Waals surface area contributed by atoms with Crippen LogP contribution in [0, 0.1) is 18.8 Å². The lowest BCUT2D eigenvalue weighted by atomic mass is 10.1. The lowest BCUT2D eigenvalue weighted by Gasteiger charge is -2.17. The average Bonchev–Trinajstić information content (AvgIpc) is 3.45. The summed E-state index contributed by atoms with van der Waals surface area (Å²) in [6.07, 6.45) is 5.00. The largest absolute Gasteiger partial charge is 0.351 e. The molecule has 1 heterocycles. The second-order valence-corrected chi connectivity index (χ2v) is 6.78. The van der Waals surface area contributed by atoms with Gasteiger partial charge < -0.3 is 5.32 Å². The van der Waals surface area contributed by atoms with Crippen molar-refractivity contribution in [2.24, 2.45) is 11.8 Å². The number of nitrogens with one attached hydrogen (secondary N) is 1. The highest BCUT2D eigenvalue weighted by molar-refractivity contribution is 5.76. The molecule has 1 aromatic heterocycles. The molecule has 1 amide bonds. The molecule has 2 fully saturated rings. The van der Waals surface area contributed by atoms with Gasteiger partial charge in [0.25, 0.3) is 0 Å². The summed E-state index contributed by atoms with van der Waals surface area (Å²) in [7, 11) is 0. The molecule has 4 rings (SSSR count). The maximum Gasteiger partial charge on any atom is 0.243 e. The minimum atomic E-state index is -0.0124. The third-order valence-corrected chi connectivity index (χ3v) is 4.64. The number of carbonyl (C=O) groups is 1. The van der Waals surface area contributed by atoms with E-state index in [0.717, 1.165) is 5.56 Å². The van der Waals surface area contributed by atoms with Gasteiger partial charge >= 0.3 is 0 Å². The maximum absolute atomic E-state index is 12.2. The molecule has 6 nitrogen and oxygen atoms in total. The normalized spacial score (nSPS) is 17.5. The number of benzene rings is 1. The zero-order valence-electron chi connectivity index (χ0n) is 13.3. The number of aromatic nitrogens is 4. The fourth-order valence-electron chi connectivity index (χ4n) is 3.02. The van der Waals surface area contributed by atoms with E-state index in [9.17, 15) is 4.79 Å². The summed E-state index contributed by atoms with van der Waals surface area (Å²) < 4.78 is 0. The van der Waals surface area contributed by atoms with Crippen LogP contribution < -0.4 is 5.32 Å². The van der Waals surface area contributed by atoms with Crippen molar-refractivity contribution in [2.45, 2.75) is 45.2 Å². The Morgan fingerprint density at radius 1 is 1.22 bits per heavy atom. The first-order valence-electron chi connectivity index (χ1n) is 8.33. The molecule has 0 unspecified atom stereocenters. The second kappa shape index (κ2) is 5.76. The standard InChI is InChI=1S/C17H21N5O/c1-11-2-4-14(5-3-11)17-19-21-22(20-17)10-15(23)18-16(12-6-7-12)13-8-9-13/h2-5,12-13,16H,6-10H2,1H3,(H,18,23). The van der Waals surface area contributed by atoms with Crippen LogP contribution in [0.4, 0.5) is 0 Å². The Hall–Kier alpha value is -2.24. The minimum Gasteiger partial charge on any atom is -0.351 e. The van der Waals surface area contributed by atoms with Crippen LogP contribution in [-0.4, -0.2) is 32.2 Å². The predicted molar refractivity (Wildman–Crippen MR) is 85.4 cm³/mol. The molecule has 0 bridgehead atoms. The highest BCUT2D eigenvalue weighted by atomic mass is 16.2. The first-order chi connectivity index (χ1) is 11.2. The van der Waals surface area contributed by atoms with E-state index in [1.165, 1.54) is 36.0 Å². The summed E-state index contributed by atoms with van der Waals surface area (Å²) in [4.78, 5) is 13.6.